The molecule has 0 amide bonds. The molecule has 4 heteroatoms. The molecule has 0 radical (unpaired) electrons. The Bertz CT molecular complexity index is 403. The summed E-state index contributed by atoms with van der Waals surface area (Å²) >= 11 is 0. The van der Waals surface area contributed by atoms with Crippen LogP contribution in [0.3, 0.4) is 0 Å². The lowest BCUT2D eigenvalue weighted by Gasteiger charge is -2.42. The molecule has 0 rings (SSSR count). The Kier molecular flexibility index (Phi) is 8.42. The fourth-order valence-electron chi connectivity index (χ4n) is 3.05. The van der Waals surface area contributed by atoms with Gasteiger partial charge in [-0.3, -0.25) is 0 Å². The molecule has 0 fully saturated rings. The van der Waals surface area contributed by atoms with Gasteiger partial charge in [0.05, 0.1) is 0 Å². The zero-order valence-corrected chi connectivity index (χ0v) is 15.5. The Labute approximate surface area is 130 Å². The SMILES string of the molecule is CCCC=C(C#CC(=O)O)O[Si](C(C)C)(C(C)C)C(C)C. The molecule has 0 saturated heterocycles. The van der Waals surface area contributed by atoms with E-state index in [2.05, 4.69) is 60.3 Å². The topological polar surface area (TPSA) is 46.5 Å². The highest BCUT2D eigenvalue weighted by atomic mass is 28.4. The molecule has 21 heavy (non-hydrogen) atoms. The quantitative estimate of drug-likeness (QED) is 0.411. The van der Waals surface area contributed by atoms with E-state index in [4.69, 9.17) is 9.53 Å². The van der Waals surface area contributed by atoms with Crippen LogP contribution in [-0.4, -0.2) is 19.4 Å². The second kappa shape index (κ2) is 8.94. The van der Waals surface area contributed by atoms with E-state index in [0.717, 1.165) is 12.8 Å². The highest BCUT2D eigenvalue weighted by Gasteiger charge is 2.47. The van der Waals surface area contributed by atoms with Crippen LogP contribution in [0.4, 0.5) is 0 Å². The van der Waals surface area contributed by atoms with E-state index < -0.39 is 14.3 Å². The predicted octanol–water partition coefficient (Wildman–Crippen LogP) is 4.95. The van der Waals surface area contributed by atoms with Gasteiger partial charge in [0.1, 0.15) is 0 Å². The number of carbonyl (C=O) groups is 1. The fraction of sp³-hybridized carbons (Fsp3) is 0.706. The molecular formula is C17H30O3Si. The molecule has 3 nitrogen and oxygen atoms in total. The maximum absolute atomic E-state index is 10.7. The molecule has 0 spiro atoms. The molecule has 0 aliphatic rings. The number of carboxylic acid groups (broad SMARTS) is 1. The van der Waals surface area contributed by atoms with Gasteiger partial charge in [0.25, 0.3) is 8.32 Å². The minimum absolute atomic E-state index is 0.439. The van der Waals surface area contributed by atoms with Crippen LogP contribution in [0.15, 0.2) is 11.8 Å². The van der Waals surface area contributed by atoms with E-state index in [-0.39, 0.29) is 0 Å². The Morgan fingerprint density at radius 3 is 1.90 bits per heavy atom. The zero-order chi connectivity index (χ0) is 16.6. The molecule has 0 aliphatic carbocycles. The third-order valence-electron chi connectivity index (χ3n) is 3.90. The van der Waals surface area contributed by atoms with Gasteiger partial charge in [-0.05, 0) is 35.0 Å². The Hall–Kier alpha value is -1.21. The summed E-state index contributed by atoms with van der Waals surface area (Å²) < 4.78 is 6.44. The van der Waals surface area contributed by atoms with Crippen LogP contribution < -0.4 is 0 Å². The molecule has 0 bridgehead atoms. The average Bonchev–Trinajstić information content (AvgIpc) is 2.36. The van der Waals surface area contributed by atoms with E-state index in [1.54, 1.807) is 0 Å². The zero-order valence-electron chi connectivity index (χ0n) is 14.5. The van der Waals surface area contributed by atoms with Gasteiger partial charge in [-0.1, -0.05) is 54.9 Å². The van der Waals surface area contributed by atoms with Crippen molar-refractivity contribution >= 4 is 14.3 Å². The van der Waals surface area contributed by atoms with Gasteiger partial charge in [-0.15, -0.1) is 0 Å². The fourth-order valence-corrected chi connectivity index (χ4v) is 8.28. The van der Waals surface area contributed by atoms with Crippen LogP contribution in [-0.2, 0) is 9.22 Å². The van der Waals surface area contributed by atoms with E-state index in [1.807, 2.05) is 6.08 Å². The maximum atomic E-state index is 10.7. The monoisotopic (exact) mass is 310 g/mol. The van der Waals surface area contributed by atoms with Crippen molar-refractivity contribution in [3.05, 3.63) is 11.8 Å². The average molecular weight is 311 g/mol. The summed E-state index contributed by atoms with van der Waals surface area (Å²) in [5.74, 6) is 4.31. The second-order valence-electron chi connectivity index (χ2n) is 6.33. The Balaban J connectivity index is 5.62. The minimum atomic E-state index is -2.08. The highest BCUT2D eigenvalue weighted by Crippen LogP contribution is 2.43. The summed E-state index contributed by atoms with van der Waals surface area (Å²) in [4.78, 5) is 10.7. The number of unbranched alkanes of at least 4 members (excludes halogenated alkanes) is 1. The molecule has 0 unspecified atom stereocenters. The summed E-state index contributed by atoms with van der Waals surface area (Å²) in [7, 11) is -2.08. The Morgan fingerprint density at radius 2 is 1.57 bits per heavy atom. The van der Waals surface area contributed by atoms with Gasteiger partial charge < -0.3 is 9.53 Å². The van der Waals surface area contributed by atoms with Crippen molar-refractivity contribution < 1.29 is 14.3 Å². The van der Waals surface area contributed by atoms with E-state index >= 15 is 0 Å². The lowest BCUT2D eigenvalue weighted by atomic mass is 10.3. The van der Waals surface area contributed by atoms with Crippen LogP contribution in [0.5, 0.6) is 0 Å². The molecule has 0 heterocycles. The van der Waals surface area contributed by atoms with Gasteiger partial charge in [-0.25, -0.2) is 4.79 Å². The standard InChI is InChI=1S/C17H30O3Si/c1-8-9-10-16(11-12-17(18)19)20-21(13(2)3,14(4)5)15(6)7/h10,13-15H,8-9H2,1-7H3,(H,18,19). The lowest BCUT2D eigenvalue weighted by molar-refractivity contribution is -0.130. The molecule has 0 aromatic carbocycles. The van der Waals surface area contributed by atoms with Crippen LogP contribution in [0.2, 0.25) is 16.6 Å². The summed E-state index contributed by atoms with van der Waals surface area (Å²) in [6.07, 6.45) is 3.77. The van der Waals surface area contributed by atoms with Gasteiger partial charge in [-0.2, -0.15) is 0 Å². The van der Waals surface area contributed by atoms with Crippen molar-refractivity contribution in [2.24, 2.45) is 0 Å². The number of carboxylic acids is 1. The minimum Gasteiger partial charge on any atom is -0.537 e. The Morgan fingerprint density at radius 1 is 1.10 bits per heavy atom. The summed E-state index contributed by atoms with van der Waals surface area (Å²) in [5.41, 5.74) is 1.32. The third-order valence-corrected chi connectivity index (χ3v) is 9.89. The first-order chi connectivity index (χ1) is 9.68. The first-order valence-electron chi connectivity index (χ1n) is 7.82. The molecule has 1 N–H and O–H groups in total. The van der Waals surface area contributed by atoms with Crippen LogP contribution in [0.1, 0.15) is 61.3 Å². The molecule has 0 atom stereocenters. The van der Waals surface area contributed by atoms with E-state index in [0.29, 0.717) is 22.4 Å². The van der Waals surface area contributed by atoms with Crippen molar-refractivity contribution in [1.82, 2.24) is 0 Å². The van der Waals surface area contributed by atoms with Crippen molar-refractivity contribution in [2.45, 2.75) is 77.9 Å². The van der Waals surface area contributed by atoms with Crippen molar-refractivity contribution in [2.75, 3.05) is 0 Å². The van der Waals surface area contributed by atoms with Crippen molar-refractivity contribution in [1.29, 1.82) is 0 Å². The van der Waals surface area contributed by atoms with Gasteiger partial charge >= 0.3 is 5.97 Å². The first-order valence-corrected chi connectivity index (χ1v) is 9.96. The van der Waals surface area contributed by atoms with Gasteiger partial charge in [0, 0.05) is 5.92 Å². The number of allylic oxidation sites excluding steroid dienone is 2. The van der Waals surface area contributed by atoms with Crippen molar-refractivity contribution in [3.63, 3.8) is 0 Å². The lowest BCUT2D eigenvalue weighted by Crippen LogP contribution is -2.47. The maximum Gasteiger partial charge on any atom is 0.382 e. The second-order valence-corrected chi connectivity index (χ2v) is 11.7. The molecule has 0 aromatic heterocycles. The van der Waals surface area contributed by atoms with E-state index in [1.165, 1.54) is 0 Å². The van der Waals surface area contributed by atoms with Gasteiger partial charge in [0.15, 0.2) is 5.76 Å². The summed E-state index contributed by atoms with van der Waals surface area (Å²) in [6.45, 7) is 15.3. The summed E-state index contributed by atoms with van der Waals surface area (Å²) in [5, 5.41) is 8.77. The molecule has 120 valence electrons. The van der Waals surface area contributed by atoms with Crippen molar-refractivity contribution in [3.8, 4) is 11.8 Å². The third kappa shape index (κ3) is 5.59. The van der Waals surface area contributed by atoms with Gasteiger partial charge in [0.2, 0.25) is 0 Å². The summed E-state index contributed by atoms with van der Waals surface area (Å²) in [6, 6.07) is 0. The molecule has 0 aliphatic heterocycles. The number of rotatable bonds is 7. The molecule has 0 saturated carbocycles. The first kappa shape index (κ1) is 19.8. The molecular weight excluding hydrogens is 280 g/mol. The predicted molar refractivity (Wildman–Crippen MR) is 90.5 cm³/mol. The van der Waals surface area contributed by atoms with Crippen LogP contribution in [0, 0.1) is 11.8 Å². The number of hydrogen-bond acceptors (Lipinski definition) is 2. The van der Waals surface area contributed by atoms with E-state index in [9.17, 15) is 4.79 Å². The van der Waals surface area contributed by atoms with Crippen LogP contribution >= 0.6 is 0 Å². The highest BCUT2D eigenvalue weighted by molar-refractivity contribution is 6.77. The van der Waals surface area contributed by atoms with Crippen LogP contribution in [0.25, 0.3) is 0 Å². The molecule has 0 aromatic rings. The normalized spacial score (nSPS) is 12.6. The number of hydrogen-bond donors (Lipinski definition) is 1. The largest absolute Gasteiger partial charge is 0.537 e. The smallest absolute Gasteiger partial charge is 0.382 e. The number of aliphatic carboxylic acids is 1.